The summed E-state index contributed by atoms with van der Waals surface area (Å²) in [6.45, 7) is 7.27. The van der Waals surface area contributed by atoms with E-state index in [1.54, 1.807) is 0 Å². The number of piperidine rings is 1. The predicted octanol–water partition coefficient (Wildman–Crippen LogP) is 1.58. The molecular formula is C13H25NO5. The van der Waals surface area contributed by atoms with Gasteiger partial charge in [-0.25, -0.2) is 4.79 Å². The van der Waals surface area contributed by atoms with Crippen molar-refractivity contribution in [3.8, 4) is 0 Å². The van der Waals surface area contributed by atoms with Gasteiger partial charge >= 0.3 is 11.9 Å². The maximum absolute atomic E-state index is 10.3. The smallest absolute Gasteiger partial charge is 0.339 e. The van der Waals surface area contributed by atoms with Gasteiger partial charge in [-0.2, -0.15) is 4.89 Å². The topological polar surface area (TPSA) is 73.9 Å². The van der Waals surface area contributed by atoms with E-state index in [1.807, 2.05) is 0 Å². The van der Waals surface area contributed by atoms with Gasteiger partial charge in [0.1, 0.15) is 6.10 Å². The second kappa shape index (κ2) is 11.9. The minimum atomic E-state index is -0.386. The quantitative estimate of drug-likeness (QED) is 0.355. The first kappa shape index (κ1) is 17.9. The molecule has 1 N–H and O–H groups in total. The van der Waals surface area contributed by atoms with Crippen LogP contribution >= 0.6 is 0 Å². The predicted molar refractivity (Wildman–Crippen MR) is 70.3 cm³/mol. The minimum Gasteiger partial charge on any atom is -0.466 e. The first-order valence-electron chi connectivity index (χ1n) is 6.74. The standard InChI is InChI=1S/C7H13NO3.C6H12O2/c1-6(9)10-11-7-2-4-8-5-3-7;1-3-4-5-8-6(2)7/h7-8H,2-5H2,1H3;3-5H2,1-2H3. The number of nitrogens with one attached hydrogen (secondary N) is 1. The van der Waals surface area contributed by atoms with Gasteiger partial charge in [-0.3, -0.25) is 9.68 Å². The van der Waals surface area contributed by atoms with Crippen LogP contribution in [0.25, 0.3) is 0 Å². The van der Waals surface area contributed by atoms with Crippen LogP contribution in [0.5, 0.6) is 0 Å². The zero-order chi connectivity index (χ0) is 14.5. The molecule has 0 aliphatic carbocycles. The molecule has 0 atom stereocenters. The Morgan fingerprint density at radius 1 is 1.16 bits per heavy atom. The summed E-state index contributed by atoms with van der Waals surface area (Å²) in [5, 5.41) is 3.18. The second-order valence-electron chi connectivity index (χ2n) is 4.31. The maximum atomic E-state index is 10.3. The molecule has 1 rings (SSSR count). The van der Waals surface area contributed by atoms with Crippen molar-refractivity contribution >= 4 is 11.9 Å². The molecule has 112 valence electrons. The lowest BCUT2D eigenvalue weighted by Gasteiger charge is -2.20. The minimum absolute atomic E-state index is 0.0835. The second-order valence-corrected chi connectivity index (χ2v) is 4.31. The lowest BCUT2D eigenvalue weighted by atomic mass is 10.1. The van der Waals surface area contributed by atoms with Crippen molar-refractivity contribution < 1.29 is 24.1 Å². The van der Waals surface area contributed by atoms with Gasteiger partial charge in [0.15, 0.2) is 0 Å². The normalized spacial score (nSPS) is 15.1. The molecule has 6 nitrogen and oxygen atoms in total. The molecule has 0 saturated carbocycles. The molecule has 1 heterocycles. The Hall–Kier alpha value is -1.14. The Morgan fingerprint density at radius 3 is 2.26 bits per heavy atom. The first-order chi connectivity index (χ1) is 9.06. The van der Waals surface area contributed by atoms with Crippen molar-refractivity contribution in [3.05, 3.63) is 0 Å². The average molecular weight is 275 g/mol. The largest absolute Gasteiger partial charge is 0.466 e. The third kappa shape index (κ3) is 13.1. The Kier molecular flexibility index (Phi) is 11.2. The van der Waals surface area contributed by atoms with Gasteiger partial charge in [0.05, 0.1) is 6.61 Å². The van der Waals surface area contributed by atoms with Crippen LogP contribution in [0.3, 0.4) is 0 Å². The van der Waals surface area contributed by atoms with E-state index in [9.17, 15) is 9.59 Å². The highest BCUT2D eigenvalue weighted by Gasteiger charge is 2.14. The molecule has 1 aliphatic heterocycles. The van der Waals surface area contributed by atoms with E-state index in [4.69, 9.17) is 4.89 Å². The number of hydrogen-bond donors (Lipinski definition) is 1. The summed E-state index contributed by atoms with van der Waals surface area (Å²) in [7, 11) is 0. The third-order valence-corrected chi connectivity index (χ3v) is 2.39. The zero-order valence-electron chi connectivity index (χ0n) is 12.1. The molecular weight excluding hydrogens is 250 g/mol. The van der Waals surface area contributed by atoms with Crippen LogP contribution < -0.4 is 5.32 Å². The Bertz CT molecular complexity index is 251. The first-order valence-corrected chi connectivity index (χ1v) is 6.74. The number of rotatable bonds is 5. The van der Waals surface area contributed by atoms with Gasteiger partial charge < -0.3 is 10.1 Å². The summed E-state index contributed by atoms with van der Waals surface area (Å²) in [4.78, 5) is 29.7. The van der Waals surface area contributed by atoms with Crippen LogP contribution in [0.1, 0.15) is 46.5 Å². The lowest BCUT2D eigenvalue weighted by molar-refractivity contribution is -0.299. The molecule has 0 bridgehead atoms. The Balaban J connectivity index is 0.000000362. The van der Waals surface area contributed by atoms with E-state index in [2.05, 4.69) is 21.9 Å². The highest BCUT2D eigenvalue weighted by molar-refractivity contribution is 5.65. The number of hydrogen-bond acceptors (Lipinski definition) is 6. The van der Waals surface area contributed by atoms with Gasteiger partial charge in [0.2, 0.25) is 0 Å². The third-order valence-electron chi connectivity index (χ3n) is 2.39. The molecule has 19 heavy (non-hydrogen) atoms. The SMILES string of the molecule is CC(=O)OOC1CCNCC1.CCCCOC(C)=O. The van der Waals surface area contributed by atoms with E-state index in [-0.39, 0.29) is 18.0 Å². The van der Waals surface area contributed by atoms with Crippen LogP contribution in [0.4, 0.5) is 0 Å². The van der Waals surface area contributed by atoms with Crippen LogP contribution in [0.2, 0.25) is 0 Å². The van der Waals surface area contributed by atoms with Crippen molar-refractivity contribution in [3.63, 3.8) is 0 Å². The van der Waals surface area contributed by atoms with Crippen LogP contribution in [-0.4, -0.2) is 37.7 Å². The monoisotopic (exact) mass is 275 g/mol. The van der Waals surface area contributed by atoms with E-state index >= 15 is 0 Å². The number of carbonyl (C=O) groups excluding carboxylic acids is 2. The molecule has 1 aliphatic rings. The van der Waals surface area contributed by atoms with Gasteiger partial charge in [-0.1, -0.05) is 13.3 Å². The van der Waals surface area contributed by atoms with Crippen molar-refractivity contribution in [1.82, 2.24) is 5.32 Å². The fraction of sp³-hybridized carbons (Fsp3) is 0.846. The summed E-state index contributed by atoms with van der Waals surface area (Å²) >= 11 is 0. The molecule has 1 saturated heterocycles. The van der Waals surface area contributed by atoms with Gasteiger partial charge in [0.25, 0.3) is 0 Å². The van der Waals surface area contributed by atoms with E-state index in [1.165, 1.54) is 13.8 Å². The summed E-state index contributed by atoms with van der Waals surface area (Å²) in [6.07, 6.45) is 3.95. The van der Waals surface area contributed by atoms with Gasteiger partial charge in [0, 0.05) is 13.8 Å². The summed E-state index contributed by atoms with van der Waals surface area (Å²) < 4.78 is 4.64. The Morgan fingerprint density at radius 2 is 1.79 bits per heavy atom. The number of carbonyl (C=O) groups is 2. The highest BCUT2D eigenvalue weighted by Crippen LogP contribution is 2.07. The molecule has 0 amide bonds. The molecule has 0 aromatic rings. The van der Waals surface area contributed by atoms with Crippen molar-refractivity contribution in [2.24, 2.45) is 0 Å². The zero-order valence-corrected chi connectivity index (χ0v) is 12.1. The fourth-order valence-corrected chi connectivity index (χ4v) is 1.39. The fourth-order valence-electron chi connectivity index (χ4n) is 1.39. The lowest BCUT2D eigenvalue weighted by Crippen LogP contribution is -2.32. The van der Waals surface area contributed by atoms with Crippen molar-refractivity contribution in [2.45, 2.75) is 52.6 Å². The van der Waals surface area contributed by atoms with E-state index in [0.717, 1.165) is 38.8 Å². The van der Waals surface area contributed by atoms with Gasteiger partial charge in [-0.15, -0.1) is 0 Å². The maximum Gasteiger partial charge on any atom is 0.339 e. The van der Waals surface area contributed by atoms with Crippen molar-refractivity contribution in [2.75, 3.05) is 19.7 Å². The van der Waals surface area contributed by atoms with Crippen LogP contribution in [-0.2, 0) is 24.1 Å². The van der Waals surface area contributed by atoms with Crippen LogP contribution in [0.15, 0.2) is 0 Å². The molecule has 0 aromatic carbocycles. The molecule has 1 fully saturated rings. The molecule has 0 spiro atoms. The van der Waals surface area contributed by atoms with E-state index in [0.29, 0.717) is 6.61 Å². The molecule has 0 unspecified atom stereocenters. The summed E-state index contributed by atoms with van der Waals surface area (Å²) in [5.74, 6) is -0.568. The van der Waals surface area contributed by atoms with E-state index < -0.39 is 0 Å². The molecule has 6 heteroatoms. The van der Waals surface area contributed by atoms with Gasteiger partial charge in [-0.05, 0) is 32.4 Å². The van der Waals surface area contributed by atoms with Crippen molar-refractivity contribution in [1.29, 1.82) is 0 Å². The number of esters is 1. The Labute approximate surface area is 114 Å². The summed E-state index contributed by atoms with van der Waals surface area (Å²) in [6, 6.07) is 0. The average Bonchev–Trinajstić information content (AvgIpc) is 2.38. The highest BCUT2D eigenvalue weighted by atomic mass is 17.2. The molecule has 0 aromatic heterocycles. The summed E-state index contributed by atoms with van der Waals surface area (Å²) in [5.41, 5.74) is 0. The molecule has 0 radical (unpaired) electrons. The van der Waals surface area contributed by atoms with Crippen LogP contribution in [0, 0.1) is 0 Å². The number of ether oxygens (including phenoxy) is 1. The number of unbranched alkanes of at least 4 members (excludes halogenated alkanes) is 1.